The molecule has 0 radical (unpaired) electrons. The highest BCUT2D eigenvalue weighted by molar-refractivity contribution is 5.91. The van der Waals surface area contributed by atoms with Crippen molar-refractivity contribution in [1.29, 1.82) is 0 Å². The zero-order valence-corrected chi connectivity index (χ0v) is 11.8. The SMILES string of the molecule is CC(C)CCOCCCC(=O)Nc1cccc(N)c1. The molecule has 0 saturated heterocycles. The summed E-state index contributed by atoms with van der Waals surface area (Å²) in [5, 5.41) is 2.82. The van der Waals surface area contributed by atoms with Crippen LogP contribution in [0.15, 0.2) is 24.3 Å². The molecule has 0 spiro atoms. The molecule has 106 valence electrons. The summed E-state index contributed by atoms with van der Waals surface area (Å²) in [7, 11) is 0. The molecular formula is C15H24N2O2. The van der Waals surface area contributed by atoms with E-state index in [4.69, 9.17) is 10.5 Å². The number of anilines is 2. The Bertz CT molecular complexity index is 391. The minimum Gasteiger partial charge on any atom is -0.399 e. The number of hydrogen-bond donors (Lipinski definition) is 2. The molecule has 4 heteroatoms. The van der Waals surface area contributed by atoms with Crippen molar-refractivity contribution in [2.24, 2.45) is 5.92 Å². The standard InChI is InChI=1S/C15H24N2O2/c1-12(2)8-10-19-9-4-7-15(18)17-14-6-3-5-13(16)11-14/h3,5-6,11-12H,4,7-10,16H2,1-2H3,(H,17,18). The highest BCUT2D eigenvalue weighted by Crippen LogP contribution is 2.12. The molecule has 0 aliphatic rings. The summed E-state index contributed by atoms with van der Waals surface area (Å²) in [6.45, 7) is 5.75. The Hall–Kier alpha value is -1.55. The molecule has 0 aromatic heterocycles. The van der Waals surface area contributed by atoms with Gasteiger partial charge in [-0.3, -0.25) is 4.79 Å². The Morgan fingerprint density at radius 2 is 2.16 bits per heavy atom. The number of amides is 1. The number of carbonyl (C=O) groups excluding carboxylic acids is 1. The van der Waals surface area contributed by atoms with Crippen molar-refractivity contribution in [3.05, 3.63) is 24.3 Å². The van der Waals surface area contributed by atoms with E-state index in [-0.39, 0.29) is 5.91 Å². The van der Waals surface area contributed by atoms with Crippen LogP contribution in [-0.4, -0.2) is 19.1 Å². The third kappa shape index (κ3) is 7.47. The Morgan fingerprint density at radius 3 is 2.84 bits per heavy atom. The van der Waals surface area contributed by atoms with E-state index < -0.39 is 0 Å². The van der Waals surface area contributed by atoms with Crippen molar-refractivity contribution in [3.63, 3.8) is 0 Å². The van der Waals surface area contributed by atoms with E-state index in [0.29, 0.717) is 24.6 Å². The highest BCUT2D eigenvalue weighted by Gasteiger charge is 2.02. The van der Waals surface area contributed by atoms with Crippen molar-refractivity contribution in [1.82, 2.24) is 0 Å². The van der Waals surface area contributed by atoms with Gasteiger partial charge in [0, 0.05) is 31.0 Å². The number of benzene rings is 1. The molecule has 3 N–H and O–H groups in total. The normalized spacial score (nSPS) is 10.7. The molecule has 0 atom stereocenters. The second kappa shape index (κ2) is 8.53. The fourth-order valence-corrected chi connectivity index (χ4v) is 1.60. The van der Waals surface area contributed by atoms with Crippen molar-refractivity contribution in [2.45, 2.75) is 33.1 Å². The Balaban J connectivity index is 2.11. The first-order valence-corrected chi connectivity index (χ1v) is 6.81. The van der Waals surface area contributed by atoms with Crippen LogP contribution in [0, 0.1) is 5.92 Å². The number of carbonyl (C=O) groups is 1. The van der Waals surface area contributed by atoms with Crippen molar-refractivity contribution in [3.8, 4) is 0 Å². The summed E-state index contributed by atoms with van der Waals surface area (Å²) in [5.74, 6) is 0.657. The van der Waals surface area contributed by atoms with Gasteiger partial charge in [0.2, 0.25) is 5.91 Å². The van der Waals surface area contributed by atoms with Crippen LogP contribution in [0.3, 0.4) is 0 Å². The minimum atomic E-state index is -0.00180. The van der Waals surface area contributed by atoms with E-state index in [2.05, 4.69) is 19.2 Å². The molecule has 1 amide bonds. The number of hydrogen-bond acceptors (Lipinski definition) is 3. The van der Waals surface area contributed by atoms with Crippen LogP contribution < -0.4 is 11.1 Å². The number of rotatable bonds is 8. The quantitative estimate of drug-likeness (QED) is 0.560. The maximum atomic E-state index is 11.7. The van der Waals surface area contributed by atoms with Crippen LogP contribution >= 0.6 is 0 Å². The van der Waals surface area contributed by atoms with Gasteiger partial charge in [-0.25, -0.2) is 0 Å². The van der Waals surface area contributed by atoms with Crippen LogP contribution in [-0.2, 0) is 9.53 Å². The zero-order valence-electron chi connectivity index (χ0n) is 11.8. The van der Waals surface area contributed by atoms with Gasteiger partial charge >= 0.3 is 0 Å². The van der Waals surface area contributed by atoms with Gasteiger partial charge in [-0.05, 0) is 37.0 Å². The second-order valence-electron chi connectivity index (χ2n) is 5.07. The van der Waals surface area contributed by atoms with Crippen LogP contribution in [0.1, 0.15) is 33.1 Å². The lowest BCUT2D eigenvalue weighted by Crippen LogP contribution is -2.12. The van der Waals surface area contributed by atoms with Gasteiger partial charge in [0.25, 0.3) is 0 Å². The van der Waals surface area contributed by atoms with E-state index in [1.54, 1.807) is 12.1 Å². The molecule has 1 aromatic carbocycles. The molecule has 0 aliphatic heterocycles. The smallest absolute Gasteiger partial charge is 0.224 e. The molecule has 19 heavy (non-hydrogen) atoms. The monoisotopic (exact) mass is 264 g/mol. The maximum absolute atomic E-state index is 11.7. The average molecular weight is 264 g/mol. The lowest BCUT2D eigenvalue weighted by atomic mass is 10.1. The Kier molecular flexibility index (Phi) is 6.97. The molecular weight excluding hydrogens is 240 g/mol. The summed E-state index contributed by atoms with van der Waals surface area (Å²) >= 11 is 0. The van der Waals surface area contributed by atoms with Gasteiger partial charge in [0.15, 0.2) is 0 Å². The lowest BCUT2D eigenvalue weighted by Gasteiger charge is -2.07. The number of ether oxygens (including phenoxy) is 1. The van der Waals surface area contributed by atoms with Gasteiger partial charge in [0.05, 0.1) is 0 Å². The fourth-order valence-electron chi connectivity index (χ4n) is 1.60. The number of nitrogens with two attached hydrogens (primary N) is 1. The summed E-state index contributed by atoms with van der Waals surface area (Å²) in [4.78, 5) is 11.7. The van der Waals surface area contributed by atoms with E-state index in [9.17, 15) is 4.79 Å². The van der Waals surface area contributed by atoms with Gasteiger partial charge in [0.1, 0.15) is 0 Å². The molecule has 4 nitrogen and oxygen atoms in total. The van der Waals surface area contributed by atoms with Gasteiger partial charge in [-0.2, -0.15) is 0 Å². The zero-order chi connectivity index (χ0) is 14.1. The topological polar surface area (TPSA) is 64.3 Å². The molecule has 1 rings (SSSR count). The average Bonchev–Trinajstić information content (AvgIpc) is 2.33. The van der Waals surface area contributed by atoms with Gasteiger partial charge in [-0.15, -0.1) is 0 Å². The second-order valence-corrected chi connectivity index (χ2v) is 5.07. The Morgan fingerprint density at radius 1 is 1.37 bits per heavy atom. The summed E-state index contributed by atoms with van der Waals surface area (Å²) < 4.78 is 5.46. The molecule has 0 heterocycles. The summed E-state index contributed by atoms with van der Waals surface area (Å²) in [6, 6.07) is 7.18. The first kappa shape index (κ1) is 15.5. The predicted octanol–water partition coefficient (Wildman–Crippen LogP) is 3.05. The maximum Gasteiger partial charge on any atom is 0.224 e. The van der Waals surface area contributed by atoms with Crippen LogP contribution in [0.4, 0.5) is 11.4 Å². The van der Waals surface area contributed by atoms with E-state index in [1.807, 2.05) is 12.1 Å². The van der Waals surface area contributed by atoms with E-state index in [1.165, 1.54) is 0 Å². The van der Waals surface area contributed by atoms with Crippen molar-refractivity contribution in [2.75, 3.05) is 24.3 Å². The first-order chi connectivity index (χ1) is 9.08. The van der Waals surface area contributed by atoms with Crippen LogP contribution in [0.2, 0.25) is 0 Å². The third-order valence-corrected chi connectivity index (χ3v) is 2.70. The highest BCUT2D eigenvalue weighted by atomic mass is 16.5. The van der Waals surface area contributed by atoms with Crippen molar-refractivity contribution >= 4 is 17.3 Å². The van der Waals surface area contributed by atoms with Gasteiger partial charge in [-0.1, -0.05) is 19.9 Å². The van der Waals surface area contributed by atoms with Crippen molar-refractivity contribution < 1.29 is 9.53 Å². The van der Waals surface area contributed by atoms with Crippen LogP contribution in [0.25, 0.3) is 0 Å². The first-order valence-electron chi connectivity index (χ1n) is 6.81. The largest absolute Gasteiger partial charge is 0.399 e. The molecule has 0 aliphatic carbocycles. The molecule has 0 fully saturated rings. The molecule has 1 aromatic rings. The van der Waals surface area contributed by atoms with E-state index in [0.717, 1.165) is 25.1 Å². The predicted molar refractivity (Wildman–Crippen MR) is 79.0 cm³/mol. The van der Waals surface area contributed by atoms with Gasteiger partial charge < -0.3 is 15.8 Å². The summed E-state index contributed by atoms with van der Waals surface area (Å²) in [5.41, 5.74) is 7.03. The lowest BCUT2D eigenvalue weighted by molar-refractivity contribution is -0.116. The number of nitrogens with one attached hydrogen (secondary N) is 1. The van der Waals surface area contributed by atoms with E-state index >= 15 is 0 Å². The Labute approximate surface area is 115 Å². The fraction of sp³-hybridized carbons (Fsp3) is 0.533. The molecule has 0 saturated carbocycles. The minimum absolute atomic E-state index is 0.00180. The third-order valence-electron chi connectivity index (χ3n) is 2.70. The summed E-state index contributed by atoms with van der Waals surface area (Å²) in [6.07, 6.45) is 2.28. The molecule has 0 unspecified atom stereocenters. The number of nitrogen functional groups attached to an aromatic ring is 1. The molecule has 0 bridgehead atoms. The van der Waals surface area contributed by atoms with Crippen LogP contribution in [0.5, 0.6) is 0 Å².